The minimum Gasteiger partial charge on any atom is -0.462 e. The van der Waals surface area contributed by atoms with E-state index in [9.17, 15) is 19.2 Å². The molecular weight excluding hydrogens is 464 g/mol. The molecule has 0 heterocycles. The lowest BCUT2D eigenvalue weighted by Crippen LogP contribution is -2.53. The SMILES string of the molecule is C=C1C(OC(C)=O)CC(OC(C)=O)C(C)CCC2=C(C)C3C1CCC3(C)C(OC(C)=O)C2OC(C)=O. The molecule has 3 aliphatic rings. The van der Waals surface area contributed by atoms with Crippen molar-refractivity contribution in [2.45, 2.75) is 105 Å². The molecular formula is C28H40O8. The molecule has 8 nitrogen and oxygen atoms in total. The van der Waals surface area contributed by atoms with Crippen molar-refractivity contribution in [2.75, 3.05) is 0 Å². The van der Waals surface area contributed by atoms with Crippen LogP contribution in [-0.4, -0.2) is 48.3 Å². The van der Waals surface area contributed by atoms with Crippen LogP contribution < -0.4 is 0 Å². The van der Waals surface area contributed by atoms with Gasteiger partial charge in [-0.3, -0.25) is 19.2 Å². The largest absolute Gasteiger partial charge is 0.462 e. The van der Waals surface area contributed by atoms with Gasteiger partial charge in [-0.2, -0.15) is 0 Å². The number of carbonyl (C=O) groups excluding carboxylic acids is 4. The van der Waals surface area contributed by atoms with E-state index in [0.29, 0.717) is 19.3 Å². The summed E-state index contributed by atoms with van der Waals surface area (Å²) in [6, 6.07) is 0. The second-order valence-corrected chi connectivity index (χ2v) is 11.0. The molecule has 0 aromatic rings. The molecule has 3 aliphatic carbocycles. The van der Waals surface area contributed by atoms with Crippen LogP contribution in [0.15, 0.2) is 23.3 Å². The summed E-state index contributed by atoms with van der Waals surface area (Å²) in [7, 11) is 0. The topological polar surface area (TPSA) is 105 Å². The molecule has 2 bridgehead atoms. The first-order valence-electron chi connectivity index (χ1n) is 12.8. The Morgan fingerprint density at radius 2 is 1.47 bits per heavy atom. The van der Waals surface area contributed by atoms with E-state index < -0.39 is 53.7 Å². The second-order valence-electron chi connectivity index (χ2n) is 11.0. The third kappa shape index (κ3) is 5.52. The van der Waals surface area contributed by atoms with Gasteiger partial charge in [0.2, 0.25) is 0 Å². The first kappa shape index (κ1) is 27.9. The maximum Gasteiger partial charge on any atom is 0.303 e. The number of hydrogen-bond donors (Lipinski definition) is 0. The zero-order chi connectivity index (χ0) is 26.9. The van der Waals surface area contributed by atoms with E-state index in [1.807, 2.05) is 6.92 Å². The fraction of sp³-hybridized carbons (Fsp3) is 0.714. The van der Waals surface area contributed by atoms with Crippen LogP contribution >= 0.6 is 0 Å². The molecule has 0 aromatic carbocycles. The maximum atomic E-state index is 12.2. The van der Waals surface area contributed by atoms with Crippen LogP contribution in [0.2, 0.25) is 0 Å². The highest BCUT2D eigenvalue weighted by Gasteiger charge is 2.60. The third-order valence-corrected chi connectivity index (χ3v) is 8.40. The molecule has 1 saturated carbocycles. The number of hydrogen-bond acceptors (Lipinski definition) is 8. The van der Waals surface area contributed by atoms with Gasteiger partial charge >= 0.3 is 23.9 Å². The van der Waals surface area contributed by atoms with Crippen molar-refractivity contribution in [3.63, 3.8) is 0 Å². The van der Waals surface area contributed by atoms with Crippen LogP contribution in [0, 0.1) is 23.2 Å². The predicted octanol–water partition coefficient (Wildman–Crippen LogP) is 4.45. The Hall–Kier alpha value is -2.64. The Labute approximate surface area is 213 Å². The summed E-state index contributed by atoms with van der Waals surface area (Å²) < 4.78 is 23.2. The van der Waals surface area contributed by atoms with Gasteiger partial charge < -0.3 is 18.9 Å². The summed E-state index contributed by atoms with van der Waals surface area (Å²) in [6.07, 6.45) is 0.596. The van der Waals surface area contributed by atoms with E-state index in [4.69, 9.17) is 18.9 Å². The molecule has 0 saturated heterocycles. The van der Waals surface area contributed by atoms with Crippen molar-refractivity contribution >= 4 is 23.9 Å². The van der Waals surface area contributed by atoms with Gasteiger partial charge in [0.25, 0.3) is 0 Å². The highest BCUT2D eigenvalue weighted by Crippen LogP contribution is 2.60. The van der Waals surface area contributed by atoms with Crippen molar-refractivity contribution in [1.82, 2.24) is 0 Å². The van der Waals surface area contributed by atoms with E-state index in [1.165, 1.54) is 27.7 Å². The lowest BCUT2D eigenvalue weighted by Gasteiger charge is -2.49. The maximum absolute atomic E-state index is 12.2. The Bertz CT molecular complexity index is 965. The van der Waals surface area contributed by atoms with Gasteiger partial charge in [-0.05, 0) is 61.5 Å². The number of carbonyl (C=O) groups is 4. The zero-order valence-electron chi connectivity index (χ0n) is 22.6. The minimum atomic E-state index is -0.691. The lowest BCUT2D eigenvalue weighted by molar-refractivity contribution is -0.177. The summed E-state index contributed by atoms with van der Waals surface area (Å²) in [6.45, 7) is 16.0. The fourth-order valence-corrected chi connectivity index (χ4v) is 6.85. The summed E-state index contributed by atoms with van der Waals surface area (Å²) in [4.78, 5) is 48.4. The normalized spacial score (nSPS) is 36.4. The van der Waals surface area contributed by atoms with Crippen molar-refractivity contribution in [3.8, 4) is 0 Å². The Balaban J connectivity index is 2.18. The average molecular weight is 505 g/mol. The highest BCUT2D eigenvalue weighted by molar-refractivity contribution is 5.68. The van der Waals surface area contributed by atoms with Crippen molar-refractivity contribution in [1.29, 1.82) is 0 Å². The lowest BCUT2D eigenvalue weighted by atomic mass is 9.61. The first-order chi connectivity index (χ1) is 16.8. The van der Waals surface area contributed by atoms with E-state index in [1.54, 1.807) is 0 Å². The molecule has 3 rings (SSSR count). The molecule has 8 heteroatoms. The highest BCUT2D eigenvalue weighted by atomic mass is 16.6. The van der Waals surface area contributed by atoms with Crippen LogP contribution in [0.1, 0.15) is 80.6 Å². The van der Waals surface area contributed by atoms with Crippen LogP contribution in [0.3, 0.4) is 0 Å². The van der Waals surface area contributed by atoms with E-state index >= 15 is 0 Å². The average Bonchev–Trinajstić information content (AvgIpc) is 3.11. The van der Waals surface area contributed by atoms with Crippen molar-refractivity contribution < 1.29 is 38.1 Å². The van der Waals surface area contributed by atoms with Gasteiger partial charge in [-0.25, -0.2) is 0 Å². The van der Waals surface area contributed by atoms with Gasteiger partial charge in [0.15, 0.2) is 6.10 Å². The monoisotopic (exact) mass is 504 g/mol. The van der Waals surface area contributed by atoms with Crippen molar-refractivity contribution in [3.05, 3.63) is 23.3 Å². The molecule has 1 fully saturated rings. The zero-order valence-corrected chi connectivity index (χ0v) is 22.6. The van der Waals surface area contributed by atoms with Crippen LogP contribution in [0.4, 0.5) is 0 Å². The van der Waals surface area contributed by atoms with Crippen molar-refractivity contribution in [2.24, 2.45) is 23.2 Å². The number of rotatable bonds is 4. The second kappa shape index (κ2) is 10.8. The summed E-state index contributed by atoms with van der Waals surface area (Å²) in [5.41, 5.74) is 2.33. The van der Waals surface area contributed by atoms with Gasteiger partial charge in [0.05, 0.1) is 0 Å². The summed E-state index contributed by atoms with van der Waals surface area (Å²) in [5, 5.41) is 0. The molecule has 0 aromatic heterocycles. The number of esters is 4. The molecule has 8 unspecified atom stereocenters. The Morgan fingerprint density at radius 1 is 0.889 bits per heavy atom. The van der Waals surface area contributed by atoms with Gasteiger partial charge in [-0.1, -0.05) is 26.0 Å². The van der Waals surface area contributed by atoms with Crippen LogP contribution in [0.25, 0.3) is 0 Å². The van der Waals surface area contributed by atoms with Crippen LogP contribution in [-0.2, 0) is 38.1 Å². The fourth-order valence-electron chi connectivity index (χ4n) is 6.85. The smallest absolute Gasteiger partial charge is 0.303 e. The van der Waals surface area contributed by atoms with Gasteiger partial charge in [-0.15, -0.1) is 0 Å². The summed E-state index contributed by atoms with van der Waals surface area (Å²) in [5.74, 6) is -1.83. The van der Waals surface area contributed by atoms with E-state index in [2.05, 4.69) is 20.4 Å². The summed E-state index contributed by atoms with van der Waals surface area (Å²) >= 11 is 0. The molecule has 0 amide bonds. The first-order valence-corrected chi connectivity index (χ1v) is 12.8. The quantitative estimate of drug-likeness (QED) is 0.314. The third-order valence-electron chi connectivity index (χ3n) is 8.40. The van der Waals surface area contributed by atoms with Crippen LogP contribution in [0.5, 0.6) is 0 Å². The predicted molar refractivity (Wildman–Crippen MR) is 131 cm³/mol. The standard InChI is InChI=1S/C28H40O8/c1-14-9-10-22-16(3)25-21(15(2)24(34-18(5)30)13-23(14)33-17(4)29)11-12-28(25,8)27(36-20(7)32)26(22)35-19(6)31/h14,21,23-27H,2,9-13H2,1,3-8H3. The Morgan fingerprint density at radius 3 is 2.03 bits per heavy atom. The molecule has 0 N–H and O–H groups in total. The Kier molecular flexibility index (Phi) is 8.36. The molecule has 200 valence electrons. The molecule has 0 aliphatic heterocycles. The van der Waals surface area contributed by atoms with E-state index in [0.717, 1.165) is 29.6 Å². The van der Waals surface area contributed by atoms with Gasteiger partial charge in [0, 0.05) is 39.5 Å². The van der Waals surface area contributed by atoms with Gasteiger partial charge in [0.1, 0.15) is 18.3 Å². The number of ether oxygens (including phenoxy) is 4. The minimum absolute atomic E-state index is 0.0326. The molecule has 0 spiro atoms. The number of allylic oxidation sites excluding steroid dienone is 1. The molecule has 36 heavy (non-hydrogen) atoms. The molecule has 0 radical (unpaired) electrons. The molecule has 8 atom stereocenters. The van der Waals surface area contributed by atoms with E-state index in [-0.39, 0.29) is 17.8 Å².